The zero-order valence-electron chi connectivity index (χ0n) is 13.4. The van der Waals surface area contributed by atoms with E-state index in [-0.39, 0.29) is 11.8 Å². The standard InChI is InChI=1S/C19H16ClNO2S/c1-3-21-18(22)16(13-6-4-12(2)5-7-13)17(19(21)23)24-15-10-8-14(20)9-11-15/h4-11H,3H2,1-2H3. The number of hydrogen-bond acceptors (Lipinski definition) is 3. The number of likely N-dealkylation sites (N-methyl/N-ethyl adjacent to an activating group) is 1. The molecule has 2 aromatic carbocycles. The molecule has 1 aliphatic heterocycles. The van der Waals surface area contributed by atoms with Crippen molar-refractivity contribution >= 4 is 40.8 Å². The van der Waals surface area contributed by atoms with Gasteiger partial charge in [0.05, 0.1) is 10.5 Å². The van der Waals surface area contributed by atoms with Crippen LogP contribution in [0, 0.1) is 6.92 Å². The second-order valence-electron chi connectivity index (χ2n) is 5.48. The van der Waals surface area contributed by atoms with Gasteiger partial charge >= 0.3 is 0 Å². The fourth-order valence-electron chi connectivity index (χ4n) is 2.53. The van der Waals surface area contributed by atoms with Crippen molar-refractivity contribution in [3.8, 4) is 0 Å². The summed E-state index contributed by atoms with van der Waals surface area (Å²) >= 11 is 7.22. The minimum absolute atomic E-state index is 0.234. The summed E-state index contributed by atoms with van der Waals surface area (Å²) in [7, 11) is 0. The predicted molar refractivity (Wildman–Crippen MR) is 97.8 cm³/mol. The van der Waals surface area contributed by atoms with E-state index in [0.29, 0.717) is 22.0 Å². The molecular formula is C19H16ClNO2S. The first-order chi connectivity index (χ1) is 11.5. The van der Waals surface area contributed by atoms with Gasteiger partial charge in [0.1, 0.15) is 0 Å². The van der Waals surface area contributed by atoms with Crippen LogP contribution in [0.4, 0.5) is 0 Å². The van der Waals surface area contributed by atoms with Crippen LogP contribution < -0.4 is 0 Å². The highest BCUT2D eigenvalue weighted by Crippen LogP contribution is 2.39. The second kappa shape index (κ2) is 6.83. The molecule has 0 saturated carbocycles. The molecule has 0 aromatic heterocycles. The van der Waals surface area contributed by atoms with Gasteiger partial charge in [-0.25, -0.2) is 0 Å². The SMILES string of the molecule is CCN1C(=O)C(Sc2ccc(Cl)cc2)=C(c2ccc(C)cc2)C1=O. The van der Waals surface area contributed by atoms with Crippen molar-refractivity contribution in [1.82, 2.24) is 4.90 Å². The number of imide groups is 1. The topological polar surface area (TPSA) is 37.4 Å². The van der Waals surface area contributed by atoms with Crippen LogP contribution in [-0.4, -0.2) is 23.3 Å². The molecule has 0 N–H and O–H groups in total. The Kier molecular flexibility index (Phi) is 4.78. The lowest BCUT2D eigenvalue weighted by atomic mass is 10.0. The van der Waals surface area contributed by atoms with E-state index in [1.165, 1.54) is 16.7 Å². The van der Waals surface area contributed by atoms with Gasteiger partial charge in [0.25, 0.3) is 11.8 Å². The molecule has 1 heterocycles. The van der Waals surface area contributed by atoms with E-state index < -0.39 is 0 Å². The van der Waals surface area contributed by atoms with E-state index >= 15 is 0 Å². The number of hydrogen-bond donors (Lipinski definition) is 0. The van der Waals surface area contributed by atoms with Crippen molar-refractivity contribution in [1.29, 1.82) is 0 Å². The van der Waals surface area contributed by atoms with Crippen LogP contribution in [0.1, 0.15) is 18.1 Å². The van der Waals surface area contributed by atoms with Gasteiger partial charge in [-0.05, 0) is 43.7 Å². The lowest BCUT2D eigenvalue weighted by molar-refractivity contribution is -0.136. The number of halogens is 1. The van der Waals surface area contributed by atoms with Gasteiger partial charge in [-0.3, -0.25) is 14.5 Å². The average molecular weight is 358 g/mol. The zero-order chi connectivity index (χ0) is 17.3. The van der Waals surface area contributed by atoms with Gasteiger partial charge in [-0.15, -0.1) is 0 Å². The van der Waals surface area contributed by atoms with E-state index in [1.54, 1.807) is 19.1 Å². The second-order valence-corrected chi connectivity index (χ2v) is 7.00. The van der Waals surface area contributed by atoms with Gasteiger partial charge in [-0.1, -0.05) is 53.2 Å². The van der Waals surface area contributed by atoms with Gasteiger partial charge in [0, 0.05) is 16.5 Å². The highest BCUT2D eigenvalue weighted by atomic mass is 35.5. The predicted octanol–water partition coefficient (Wildman–Crippen LogP) is 4.54. The summed E-state index contributed by atoms with van der Waals surface area (Å²) in [5.74, 6) is -0.471. The molecule has 0 saturated heterocycles. The maximum absolute atomic E-state index is 12.7. The Morgan fingerprint density at radius 1 is 0.958 bits per heavy atom. The normalized spacial score (nSPS) is 14.7. The Hall–Kier alpha value is -2.04. The molecule has 1 aliphatic rings. The molecule has 0 aliphatic carbocycles. The van der Waals surface area contributed by atoms with Crippen LogP contribution in [0.3, 0.4) is 0 Å². The Balaban J connectivity index is 2.07. The summed E-state index contributed by atoms with van der Waals surface area (Å²) in [5.41, 5.74) is 2.35. The van der Waals surface area contributed by atoms with Gasteiger partial charge in [-0.2, -0.15) is 0 Å². The molecule has 0 spiro atoms. The molecule has 3 rings (SSSR count). The van der Waals surface area contributed by atoms with Gasteiger partial charge in [0.2, 0.25) is 0 Å². The fourth-order valence-corrected chi connectivity index (χ4v) is 3.67. The Morgan fingerprint density at radius 3 is 2.17 bits per heavy atom. The number of carbonyl (C=O) groups excluding carboxylic acids is 2. The van der Waals surface area contributed by atoms with E-state index in [1.807, 2.05) is 43.3 Å². The van der Waals surface area contributed by atoms with Crippen molar-refractivity contribution in [2.45, 2.75) is 18.7 Å². The zero-order valence-corrected chi connectivity index (χ0v) is 14.9. The van der Waals surface area contributed by atoms with Crippen LogP contribution >= 0.6 is 23.4 Å². The molecule has 0 unspecified atom stereocenters. The highest BCUT2D eigenvalue weighted by Gasteiger charge is 2.38. The molecule has 0 bridgehead atoms. The molecule has 2 amide bonds. The van der Waals surface area contributed by atoms with Crippen molar-refractivity contribution < 1.29 is 9.59 Å². The molecular weight excluding hydrogens is 342 g/mol. The Morgan fingerprint density at radius 2 is 1.58 bits per heavy atom. The van der Waals surface area contributed by atoms with Gasteiger partial charge in [0.15, 0.2) is 0 Å². The molecule has 24 heavy (non-hydrogen) atoms. The minimum atomic E-state index is -0.238. The molecule has 5 heteroatoms. The number of benzene rings is 2. The molecule has 0 fully saturated rings. The number of rotatable bonds is 4. The Bertz CT molecular complexity index is 825. The largest absolute Gasteiger partial charge is 0.274 e. The van der Waals surface area contributed by atoms with Crippen molar-refractivity contribution in [3.63, 3.8) is 0 Å². The van der Waals surface area contributed by atoms with E-state index in [9.17, 15) is 9.59 Å². The lowest BCUT2D eigenvalue weighted by Gasteiger charge is -2.11. The number of carbonyl (C=O) groups is 2. The molecule has 122 valence electrons. The van der Waals surface area contributed by atoms with Gasteiger partial charge < -0.3 is 0 Å². The van der Waals surface area contributed by atoms with Crippen LogP contribution in [0.5, 0.6) is 0 Å². The van der Waals surface area contributed by atoms with Crippen LogP contribution in [0.2, 0.25) is 5.02 Å². The third-order valence-corrected chi connectivity index (χ3v) is 5.16. The van der Waals surface area contributed by atoms with Crippen LogP contribution in [-0.2, 0) is 9.59 Å². The third kappa shape index (κ3) is 3.12. The highest BCUT2D eigenvalue weighted by molar-refractivity contribution is 8.04. The maximum atomic E-state index is 12.7. The number of thioether (sulfide) groups is 1. The first kappa shape index (κ1) is 16.8. The van der Waals surface area contributed by atoms with E-state index in [4.69, 9.17) is 11.6 Å². The average Bonchev–Trinajstić information content (AvgIpc) is 2.81. The number of nitrogens with zero attached hydrogens (tertiary/aromatic N) is 1. The number of aryl methyl sites for hydroxylation is 1. The summed E-state index contributed by atoms with van der Waals surface area (Å²) < 4.78 is 0. The molecule has 0 radical (unpaired) electrons. The quantitative estimate of drug-likeness (QED) is 0.754. The number of amides is 2. The lowest BCUT2D eigenvalue weighted by Crippen LogP contribution is -2.31. The van der Waals surface area contributed by atoms with Crippen LogP contribution in [0.15, 0.2) is 58.3 Å². The van der Waals surface area contributed by atoms with Crippen molar-refractivity contribution in [2.24, 2.45) is 0 Å². The van der Waals surface area contributed by atoms with Crippen molar-refractivity contribution in [2.75, 3.05) is 6.54 Å². The molecule has 3 nitrogen and oxygen atoms in total. The monoisotopic (exact) mass is 357 g/mol. The molecule has 0 atom stereocenters. The van der Waals surface area contributed by atoms with Crippen molar-refractivity contribution in [3.05, 3.63) is 69.6 Å². The summed E-state index contributed by atoms with van der Waals surface area (Å²) in [4.78, 5) is 28.0. The molecule has 2 aromatic rings. The summed E-state index contributed by atoms with van der Waals surface area (Å²) in [6.45, 7) is 4.15. The summed E-state index contributed by atoms with van der Waals surface area (Å²) in [6.07, 6.45) is 0. The first-order valence-corrected chi connectivity index (χ1v) is 8.81. The smallest absolute Gasteiger partial charge is 0.268 e. The minimum Gasteiger partial charge on any atom is -0.274 e. The summed E-state index contributed by atoms with van der Waals surface area (Å²) in [6, 6.07) is 14.9. The summed E-state index contributed by atoms with van der Waals surface area (Å²) in [5, 5.41) is 0.635. The van der Waals surface area contributed by atoms with E-state index in [0.717, 1.165) is 16.0 Å². The first-order valence-electron chi connectivity index (χ1n) is 7.62. The van der Waals surface area contributed by atoms with E-state index in [2.05, 4.69) is 0 Å². The third-order valence-electron chi connectivity index (χ3n) is 3.82. The fraction of sp³-hybridized carbons (Fsp3) is 0.158. The van der Waals surface area contributed by atoms with Crippen LogP contribution in [0.25, 0.3) is 5.57 Å². The maximum Gasteiger partial charge on any atom is 0.268 e. The Labute approximate surface area is 150 Å².